The summed E-state index contributed by atoms with van der Waals surface area (Å²) in [6.07, 6.45) is -0.421. The third-order valence-electron chi connectivity index (χ3n) is 5.53. The number of nitrogens with two attached hydrogens (primary N) is 1. The average molecular weight is 468 g/mol. The van der Waals surface area contributed by atoms with Gasteiger partial charge in [0.1, 0.15) is 11.7 Å². The Morgan fingerprint density at radius 2 is 1.94 bits per heavy atom. The number of fused-ring (bicyclic) bond motifs is 1. The lowest BCUT2D eigenvalue weighted by molar-refractivity contribution is -0.163. The molecule has 0 radical (unpaired) electrons. The number of rotatable bonds is 11. The van der Waals surface area contributed by atoms with Crippen molar-refractivity contribution in [3.63, 3.8) is 0 Å². The van der Waals surface area contributed by atoms with E-state index in [2.05, 4.69) is 10.6 Å². The van der Waals surface area contributed by atoms with E-state index in [9.17, 15) is 29.4 Å². The van der Waals surface area contributed by atoms with Crippen molar-refractivity contribution < 1.29 is 29.4 Å². The van der Waals surface area contributed by atoms with Crippen LogP contribution in [0.1, 0.15) is 33.6 Å². The fraction of sp³-hybridized carbons (Fsp3) is 0.650. The van der Waals surface area contributed by atoms with Gasteiger partial charge in [-0.1, -0.05) is 0 Å². The third kappa shape index (κ3) is 5.23. The van der Waals surface area contributed by atoms with Gasteiger partial charge >= 0.3 is 5.97 Å². The lowest BCUT2D eigenvalue weighted by atomic mass is 9.77. The highest BCUT2D eigenvalue weighted by molar-refractivity contribution is 8.03. The van der Waals surface area contributed by atoms with Crippen LogP contribution in [-0.2, 0) is 19.2 Å². The molecule has 0 saturated carbocycles. The van der Waals surface area contributed by atoms with Crippen molar-refractivity contribution in [1.82, 2.24) is 15.5 Å². The van der Waals surface area contributed by atoms with Gasteiger partial charge in [0, 0.05) is 29.5 Å². The maximum Gasteiger partial charge on any atom is 0.353 e. The Morgan fingerprint density at radius 3 is 2.47 bits per heavy atom. The van der Waals surface area contributed by atoms with Gasteiger partial charge in [-0.25, -0.2) is 4.79 Å². The quantitative estimate of drug-likeness (QED) is 0.190. The minimum atomic E-state index is -1.24. The van der Waals surface area contributed by atoms with Gasteiger partial charge in [-0.05, 0) is 27.2 Å². The summed E-state index contributed by atoms with van der Waals surface area (Å²) in [5, 5.41) is 33.8. The van der Waals surface area contributed by atoms with Crippen molar-refractivity contribution in [2.75, 3.05) is 12.3 Å². The first-order valence-electron chi connectivity index (χ1n) is 10.3. The summed E-state index contributed by atoms with van der Waals surface area (Å²) in [5.41, 5.74) is 5.36. The highest BCUT2D eigenvalue weighted by Gasteiger charge is 2.60. The summed E-state index contributed by atoms with van der Waals surface area (Å²) in [6.45, 7) is 4.68. The number of nitrogens with zero attached hydrogens (tertiary/aromatic N) is 2. The molecule has 0 bridgehead atoms. The van der Waals surface area contributed by atoms with E-state index in [-0.39, 0.29) is 18.7 Å². The molecule has 2 aliphatic rings. The zero-order valence-electron chi connectivity index (χ0n) is 18.2. The predicted octanol–water partition coefficient (Wildman–Crippen LogP) is -0.875. The molecule has 0 spiro atoms. The van der Waals surface area contributed by atoms with Crippen LogP contribution in [0.4, 0.5) is 0 Å². The molecule has 1 fully saturated rings. The van der Waals surface area contributed by atoms with E-state index in [1.807, 2.05) is 6.07 Å². The van der Waals surface area contributed by atoms with Crippen LogP contribution in [0.3, 0.4) is 0 Å². The molecule has 176 valence electrons. The molecule has 2 heterocycles. The number of hydrogen-bond donors (Lipinski definition) is 5. The number of nitriles is 1. The first-order chi connectivity index (χ1) is 15.0. The molecule has 6 N–H and O–H groups in total. The molecule has 12 heteroatoms. The highest BCUT2D eigenvalue weighted by atomic mass is 32.2. The number of aliphatic carboxylic acids is 1. The van der Waals surface area contributed by atoms with Crippen LogP contribution in [0.25, 0.3) is 0 Å². The van der Waals surface area contributed by atoms with Gasteiger partial charge in [-0.2, -0.15) is 5.26 Å². The van der Waals surface area contributed by atoms with Gasteiger partial charge < -0.3 is 31.5 Å². The summed E-state index contributed by atoms with van der Waals surface area (Å²) in [6, 6.07) is -0.0769. The SMILES string of the molecule is C[C@@H](N)C(=O)N[C@H](C)C(=O)NCC[C@H]1C(SCCC#N)=C(C(=O)O)N2C(=O)[C@H]([C@@H](C)O)[C@@H]12. The maximum absolute atomic E-state index is 12.5. The van der Waals surface area contributed by atoms with E-state index < -0.39 is 59.8 Å². The van der Waals surface area contributed by atoms with E-state index in [0.717, 1.165) is 0 Å². The average Bonchev–Trinajstić information content (AvgIpc) is 2.97. The number of thioether (sulfide) groups is 1. The molecule has 6 atom stereocenters. The standard InChI is InChI=1S/C20H29N5O6S/c1-9(22)17(27)24-10(2)18(28)23-7-5-12-14-13(11(3)26)19(29)25(14)15(20(30)31)16(12)32-8-4-6-21/h9-14,26H,4-5,7-8,22H2,1-3H3,(H,23,28)(H,24,27)(H,30,31)/t9-,10-,11-,12-,13-,14-/m1/s1. The van der Waals surface area contributed by atoms with Crippen LogP contribution in [0.15, 0.2) is 10.6 Å². The molecule has 0 aromatic rings. The first kappa shape index (κ1) is 25.6. The van der Waals surface area contributed by atoms with Crippen LogP contribution in [0, 0.1) is 23.2 Å². The number of nitrogens with one attached hydrogen (secondary N) is 2. The van der Waals surface area contributed by atoms with E-state index in [1.54, 1.807) is 0 Å². The molecular formula is C20H29N5O6S. The number of carboxylic acids is 1. The number of carbonyl (C=O) groups excluding carboxylic acids is 3. The van der Waals surface area contributed by atoms with Crippen molar-refractivity contribution in [2.24, 2.45) is 17.6 Å². The Morgan fingerprint density at radius 1 is 1.28 bits per heavy atom. The second-order valence-electron chi connectivity index (χ2n) is 7.94. The molecule has 0 aromatic heterocycles. The smallest absolute Gasteiger partial charge is 0.353 e. The maximum atomic E-state index is 12.5. The predicted molar refractivity (Wildman–Crippen MR) is 116 cm³/mol. The minimum absolute atomic E-state index is 0.117. The molecular weight excluding hydrogens is 438 g/mol. The molecule has 3 amide bonds. The normalized spacial score (nSPS) is 24.7. The zero-order chi connectivity index (χ0) is 24.2. The lowest BCUT2D eigenvalue weighted by Gasteiger charge is -2.47. The van der Waals surface area contributed by atoms with Gasteiger partial charge in [0.25, 0.3) is 0 Å². The van der Waals surface area contributed by atoms with E-state index in [1.165, 1.54) is 37.4 Å². The van der Waals surface area contributed by atoms with Gasteiger partial charge in [0.2, 0.25) is 17.7 Å². The molecule has 0 aromatic carbocycles. The van der Waals surface area contributed by atoms with Crippen LogP contribution in [0.5, 0.6) is 0 Å². The number of aliphatic hydroxyl groups is 1. The number of carbonyl (C=O) groups is 4. The lowest BCUT2D eigenvalue weighted by Crippen LogP contribution is -2.64. The summed E-state index contributed by atoms with van der Waals surface area (Å²) in [5.74, 6) is -3.35. The fourth-order valence-electron chi connectivity index (χ4n) is 3.97. The molecule has 32 heavy (non-hydrogen) atoms. The summed E-state index contributed by atoms with van der Waals surface area (Å²) in [7, 11) is 0. The summed E-state index contributed by atoms with van der Waals surface area (Å²) >= 11 is 1.21. The summed E-state index contributed by atoms with van der Waals surface area (Å²) < 4.78 is 0. The van der Waals surface area contributed by atoms with Gasteiger partial charge in [0.05, 0.1) is 30.2 Å². The molecule has 2 rings (SSSR count). The van der Waals surface area contributed by atoms with Gasteiger partial charge in [0.15, 0.2) is 0 Å². The Labute approximate surface area is 190 Å². The van der Waals surface area contributed by atoms with Gasteiger partial charge in [-0.3, -0.25) is 14.4 Å². The summed E-state index contributed by atoms with van der Waals surface area (Å²) in [4.78, 5) is 50.1. The van der Waals surface area contributed by atoms with Gasteiger partial charge in [-0.15, -0.1) is 11.8 Å². The molecule has 11 nitrogen and oxygen atoms in total. The van der Waals surface area contributed by atoms with Crippen molar-refractivity contribution in [2.45, 2.75) is 57.8 Å². The van der Waals surface area contributed by atoms with E-state index in [0.29, 0.717) is 17.1 Å². The largest absolute Gasteiger partial charge is 0.477 e. The second-order valence-corrected chi connectivity index (χ2v) is 9.08. The number of β-lactam (4-membered cyclic amide) rings is 1. The Balaban J connectivity index is 2.14. The molecule has 1 saturated heterocycles. The van der Waals surface area contributed by atoms with Crippen LogP contribution in [0.2, 0.25) is 0 Å². The third-order valence-corrected chi connectivity index (χ3v) is 6.74. The Kier molecular flexibility index (Phi) is 8.65. The zero-order valence-corrected chi connectivity index (χ0v) is 19.0. The van der Waals surface area contributed by atoms with Crippen LogP contribution < -0.4 is 16.4 Å². The second kappa shape index (κ2) is 10.8. The number of carboxylic acid groups (broad SMARTS) is 1. The Hall–Kier alpha value is -2.62. The van der Waals surface area contributed by atoms with Crippen molar-refractivity contribution >= 4 is 35.5 Å². The number of amides is 3. The minimum Gasteiger partial charge on any atom is -0.477 e. The van der Waals surface area contributed by atoms with Crippen LogP contribution in [-0.4, -0.2) is 75.3 Å². The molecule has 0 aliphatic carbocycles. The molecule has 2 aliphatic heterocycles. The molecule has 0 unspecified atom stereocenters. The van der Waals surface area contributed by atoms with E-state index in [4.69, 9.17) is 11.0 Å². The van der Waals surface area contributed by atoms with Crippen molar-refractivity contribution in [3.8, 4) is 6.07 Å². The fourth-order valence-corrected chi connectivity index (χ4v) is 5.18. The Bertz CT molecular complexity index is 852. The highest BCUT2D eigenvalue weighted by Crippen LogP contribution is 2.51. The number of hydrogen-bond acceptors (Lipinski definition) is 8. The number of aliphatic hydroxyl groups excluding tert-OH is 1. The van der Waals surface area contributed by atoms with E-state index >= 15 is 0 Å². The van der Waals surface area contributed by atoms with Crippen molar-refractivity contribution in [1.29, 1.82) is 5.26 Å². The topological polar surface area (TPSA) is 186 Å². The first-order valence-corrected chi connectivity index (χ1v) is 11.3. The van der Waals surface area contributed by atoms with Crippen LogP contribution >= 0.6 is 11.8 Å². The monoisotopic (exact) mass is 467 g/mol. The van der Waals surface area contributed by atoms with Crippen molar-refractivity contribution in [3.05, 3.63) is 10.6 Å².